The Bertz CT molecular complexity index is 5920. The number of morpholine rings is 4. The van der Waals surface area contributed by atoms with Gasteiger partial charge in [0, 0.05) is 135 Å². The molecule has 130 heavy (non-hydrogen) atoms. The number of benzene rings is 4. The number of nitrogens with two attached hydrogens (primary N) is 1. The maximum Gasteiger partial charge on any atom is 0.495 e. The molecule has 5 saturated heterocycles. The van der Waals surface area contributed by atoms with Crippen molar-refractivity contribution >= 4 is 169 Å². The molecule has 5 aliphatic rings. The average molecular weight is 1940 g/mol. The summed E-state index contributed by atoms with van der Waals surface area (Å²) >= 11 is 39.1. The molecule has 30 nitrogen and oxygen atoms in total. The van der Waals surface area contributed by atoms with Crippen molar-refractivity contribution in [3.63, 3.8) is 0 Å². The van der Waals surface area contributed by atoms with Gasteiger partial charge in [-0.25, -0.2) is 49.8 Å². The molecule has 13 aromatic rings. The van der Waals surface area contributed by atoms with Gasteiger partial charge in [0.05, 0.1) is 111 Å². The minimum Gasteiger partial charge on any atom is -0.399 e. The van der Waals surface area contributed by atoms with Crippen LogP contribution in [-0.4, -0.2) is 213 Å². The summed E-state index contributed by atoms with van der Waals surface area (Å²) in [5.41, 5.74) is 10.3. The number of aryl methyl sites for hydroxylation is 2. The van der Waals surface area contributed by atoms with Crippen LogP contribution in [0.5, 0.6) is 0 Å². The summed E-state index contributed by atoms with van der Waals surface area (Å²) in [5, 5.41) is 10.6. The van der Waals surface area contributed by atoms with Gasteiger partial charge in [-0.15, -0.1) is 11.6 Å². The zero-order valence-corrected chi connectivity index (χ0v) is 77.3. The number of carbonyl (C=O) groups is 3. The summed E-state index contributed by atoms with van der Waals surface area (Å²) in [5.74, 6) is 1.46. The number of anilines is 6. The number of carbonyl (C=O) groups excluding carboxylic acids is 3. The number of alkyl halides is 7. The molecule has 14 heterocycles. The SMILES string of the molecule is C[C@@H]1COCCN1.C[C@@H]1COCCN1c1nc(Cl)cn2ccnc12.C[C@@H]1COCCN1c1nc(Cl)cn2ccnc12.Cc1ccc(NC(=O)c2cccc(C(F)(F)F)c2)cc1-c1cn2ccnc2c(N2CCOC[C@H]2C)n1.Cc1ccc(NC(=O)c2cccc(C(F)(F)F)c2)cc1B1OC(C)(C)C(C)(C)O1.Clc1cn2ccnc2c(Cl)n1.Nc1ncc(Cl)nc1Cl.O=CCCl. The fourth-order valence-electron chi connectivity index (χ4n) is 13.4. The zero-order chi connectivity index (χ0) is 93.9. The van der Waals surface area contributed by atoms with E-state index in [0.717, 1.165) is 114 Å². The van der Waals surface area contributed by atoms with Gasteiger partial charge in [0.25, 0.3) is 11.8 Å². The summed E-state index contributed by atoms with van der Waals surface area (Å²) in [6, 6.07) is 20.5. The molecule has 5 N–H and O–H groups in total. The smallest absolute Gasteiger partial charge is 0.399 e. The van der Waals surface area contributed by atoms with E-state index in [0.29, 0.717) is 102 Å². The number of hydrogen-bond donors (Lipinski definition) is 4. The molecule has 9 aromatic heterocycles. The van der Waals surface area contributed by atoms with Crippen LogP contribution in [0, 0.1) is 13.8 Å². The van der Waals surface area contributed by atoms with Crippen LogP contribution >= 0.6 is 81.2 Å². The number of fused-ring (bicyclic) bond motifs is 4. The number of hydrogen-bond acceptors (Lipinski definition) is 24. The highest BCUT2D eigenvalue weighted by atomic mass is 35.5. The minimum atomic E-state index is -4.53. The lowest BCUT2D eigenvalue weighted by Gasteiger charge is -2.34. The Kier molecular flexibility index (Phi) is 34.8. The van der Waals surface area contributed by atoms with Crippen LogP contribution in [0.2, 0.25) is 30.9 Å². The second-order valence-corrected chi connectivity index (χ2v) is 33.5. The van der Waals surface area contributed by atoms with Crippen LogP contribution in [0.4, 0.5) is 61.0 Å². The molecule has 18 rings (SSSR count). The third-order valence-electron chi connectivity index (χ3n) is 20.8. The van der Waals surface area contributed by atoms with Crippen LogP contribution in [0.3, 0.4) is 0 Å². The van der Waals surface area contributed by atoms with Crippen LogP contribution < -0.4 is 41.8 Å². The number of rotatable bonds is 10. The maximum absolute atomic E-state index is 13.1. The monoisotopic (exact) mass is 1930 g/mol. The molecule has 0 radical (unpaired) electrons. The second kappa shape index (κ2) is 45.2. The van der Waals surface area contributed by atoms with Gasteiger partial charge < -0.3 is 87.0 Å². The largest absolute Gasteiger partial charge is 0.495 e. The van der Waals surface area contributed by atoms with Gasteiger partial charge in [-0.3, -0.25) is 9.59 Å². The average Bonchev–Trinajstić information content (AvgIpc) is 1.60. The number of imidazole rings is 4. The number of nitrogens with zero attached hydrogens (tertiary/aromatic N) is 17. The van der Waals surface area contributed by atoms with Crippen molar-refractivity contribution in [2.45, 2.75) is 117 Å². The zero-order valence-electron chi connectivity index (χ0n) is 72.0. The Hall–Kier alpha value is -10.4. The predicted octanol–water partition coefficient (Wildman–Crippen LogP) is 16.8. The summed E-state index contributed by atoms with van der Waals surface area (Å²) < 4.78 is 119. The molecular formula is C86H93BCl7F6N21O9. The lowest BCUT2D eigenvalue weighted by atomic mass is 9.76. The topological polar surface area (TPSA) is 325 Å². The van der Waals surface area contributed by atoms with E-state index in [2.05, 4.69) is 103 Å². The molecule has 4 atom stereocenters. The molecule has 0 unspecified atom stereocenters. The molecule has 690 valence electrons. The van der Waals surface area contributed by atoms with Crippen LogP contribution in [0.15, 0.2) is 165 Å². The Morgan fingerprint density at radius 1 is 0.523 bits per heavy atom. The van der Waals surface area contributed by atoms with Gasteiger partial charge in [-0.2, -0.15) is 26.3 Å². The van der Waals surface area contributed by atoms with Crippen LogP contribution in [-0.2, 0) is 45.4 Å². The predicted molar refractivity (Wildman–Crippen MR) is 492 cm³/mol. The first-order valence-corrected chi connectivity index (χ1v) is 43.4. The first kappa shape index (κ1) is 100. The van der Waals surface area contributed by atoms with Crippen LogP contribution in [0.1, 0.15) is 98.4 Å². The molecule has 5 aliphatic heterocycles. The number of amides is 2. The number of nitrogen functional groups attached to an aromatic ring is 1. The van der Waals surface area contributed by atoms with E-state index < -0.39 is 53.6 Å². The van der Waals surface area contributed by atoms with E-state index in [1.165, 1.54) is 30.5 Å². The van der Waals surface area contributed by atoms with Crippen LogP contribution in [0.25, 0.3) is 33.8 Å². The normalized spacial score (nSPS) is 17.6. The lowest BCUT2D eigenvalue weighted by molar-refractivity contribution is -0.138. The summed E-state index contributed by atoms with van der Waals surface area (Å²) in [4.78, 5) is 82.7. The van der Waals surface area contributed by atoms with Gasteiger partial charge in [0.1, 0.15) is 26.9 Å². The first-order chi connectivity index (χ1) is 61.8. The second-order valence-electron chi connectivity index (χ2n) is 30.9. The Morgan fingerprint density at radius 3 is 1.34 bits per heavy atom. The fraction of sp³-hybridized carbons (Fsp3) is 0.360. The standard InChI is InChI=1S/C26H24F3N5O2.C21H23BF3NO3.2C11H13ClN4O.C6H3Cl2N3.C5H11NO.C4H3Cl2N3.C2H3ClO/c1-16-6-7-20(31-25(35)18-4-3-5-19(12-18)26(27,28)29)13-21(16)22-14-33-9-8-30-23(33)24(32-22)34-10-11-36-15-17(34)2;1-13-9-10-16(12-17(13)22-28-19(2,3)20(4,5)29-22)26-18(27)14-7-6-8-15(11-14)21(23,24)25;2*1-8-7-17-5-4-16(8)11-10-13-2-3-15(10)6-9(12)14-11;7-4-3-11-2-1-9-6(11)5(8)10-4;1-5-4-7-3-2-6-5;5-2-1-8-4(7)3(6)9-2;3-1-2-4/h3-9,12-14,17H,10-11,15H2,1-2H3,(H,31,35);6-12H,1-5H3,(H,26,27);2*2-3,6,8H,4-5,7H2,1H3;1-3H;5-6H,2-4H2,1H3;1H,(H2,7,8);2H,1H2/t17-;;2*8-;;5-;;/m1.11.1../s1. The number of nitrogens with one attached hydrogen (secondary N) is 3. The number of aromatic nitrogens is 14. The summed E-state index contributed by atoms with van der Waals surface area (Å²) in [6.07, 6.45) is 14.2. The Balaban J connectivity index is 0.000000155. The molecule has 4 aromatic carbocycles. The molecule has 44 heteroatoms. The quantitative estimate of drug-likeness (QED) is 0.0428. The summed E-state index contributed by atoms with van der Waals surface area (Å²) in [7, 11) is -0.606. The maximum atomic E-state index is 13.1. The molecule has 0 saturated carbocycles. The highest BCUT2D eigenvalue weighted by molar-refractivity contribution is 6.62. The molecule has 5 fully saturated rings. The first-order valence-electron chi connectivity index (χ1n) is 40.6. The number of halogens is 13. The molecular weight excluding hydrogens is 1840 g/mol. The molecule has 0 spiro atoms. The van der Waals surface area contributed by atoms with Gasteiger partial charge in [0.15, 0.2) is 56.2 Å². The molecule has 0 bridgehead atoms. The fourth-order valence-corrected chi connectivity index (χ4v) is 14.6. The molecule has 0 aliphatic carbocycles. The highest BCUT2D eigenvalue weighted by Gasteiger charge is 2.52. The van der Waals surface area contributed by atoms with Gasteiger partial charge in [-0.1, -0.05) is 99.4 Å². The van der Waals surface area contributed by atoms with Crippen molar-refractivity contribution < 1.29 is 69.0 Å². The van der Waals surface area contributed by atoms with Crippen molar-refractivity contribution in [2.24, 2.45) is 0 Å². The van der Waals surface area contributed by atoms with Crippen molar-refractivity contribution in [2.75, 3.05) is 116 Å². The number of aldehydes is 1. The minimum absolute atomic E-state index is 0.0717. The van der Waals surface area contributed by atoms with Gasteiger partial charge in [-0.05, 0) is 141 Å². The Morgan fingerprint density at radius 2 is 0.931 bits per heavy atom. The third-order valence-corrected chi connectivity index (χ3v) is 22.2. The van der Waals surface area contributed by atoms with Gasteiger partial charge in [0.2, 0.25) is 0 Å². The van der Waals surface area contributed by atoms with E-state index in [4.69, 9.17) is 125 Å². The third kappa shape index (κ3) is 26.5. The van der Waals surface area contributed by atoms with Crippen molar-refractivity contribution in [3.05, 3.63) is 230 Å². The lowest BCUT2D eigenvalue weighted by Crippen LogP contribution is -2.44. The van der Waals surface area contributed by atoms with E-state index in [1.807, 2.05) is 91.7 Å². The van der Waals surface area contributed by atoms with Crippen molar-refractivity contribution in [1.82, 2.24) is 72.8 Å². The van der Waals surface area contributed by atoms with Crippen molar-refractivity contribution in [3.8, 4) is 11.3 Å². The van der Waals surface area contributed by atoms with E-state index in [9.17, 15) is 35.9 Å². The van der Waals surface area contributed by atoms with Gasteiger partial charge >= 0.3 is 19.5 Å². The number of ether oxygens (including phenoxy) is 4. The van der Waals surface area contributed by atoms with E-state index in [1.54, 1.807) is 78.2 Å². The Labute approximate surface area is 779 Å². The van der Waals surface area contributed by atoms with Crippen molar-refractivity contribution in [1.29, 1.82) is 0 Å². The van der Waals surface area contributed by atoms with E-state index in [-0.39, 0.29) is 51.3 Å². The van der Waals surface area contributed by atoms with E-state index >= 15 is 0 Å². The summed E-state index contributed by atoms with van der Waals surface area (Å²) in [6.45, 7) is 29.2. The highest BCUT2D eigenvalue weighted by Crippen LogP contribution is 2.39. The molecule has 2 amide bonds.